The lowest BCUT2D eigenvalue weighted by Crippen LogP contribution is -2.21. The van der Waals surface area contributed by atoms with E-state index in [9.17, 15) is 9.59 Å². The predicted molar refractivity (Wildman–Crippen MR) is 104 cm³/mol. The van der Waals surface area contributed by atoms with Crippen LogP contribution in [0.15, 0.2) is 59.6 Å². The van der Waals surface area contributed by atoms with E-state index in [4.69, 9.17) is 9.47 Å². The highest BCUT2D eigenvalue weighted by molar-refractivity contribution is 7.16. The van der Waals surface area contributed by atoms with Crippen molar-refractivity contribution in [1.29, 1.82) is 0 Å². The number of esters is 1. The fourth-order valence-electron chi connectivity index (χ4n) is 2.56. The lowest BCUT2D eigenvalue weighted by molar-refractivity contribution is -0.143. The Kier molecular flexibility index (Phi) is 6.38. The second-order valence-corrected chi connectivity index (χ2v) is 6.68. The SMILES string of the molecule is CCOC(=O)CCn1c(=NC(=O)COc2ccccc2)sc2ccccc21. The minimum Gasteiger partial charge on any atom is -0.484 e. The summed E-state index contributed by atoms with van der Waals surface area (Å²) < 4.78 is 13.3. The molecule has 0 fully saturated rings. The number of amides is 1. The van der Waals surface area contributed by atoms with E-state index in [1.54, 1.807) is 19.1 Å². The van der Waals surface area contributed by atoms with E-state index in [1.165, 1.54) is 11.3 Å². The van der Waals surface area contributed by atoms with Gasteiger partial charge in [0.2, 0.25) is 0 Å². The van der Waals surface area contributed by atoms with Crippen molar-refractivity contribution >= 4 is 33.4 Å². The molecule has 27 heavy (non-hydrogen) atoms. The maximum Gasteiger partial charge on any atom is 0.307 e. The van der Waals surface area contributed by atoms with E-state index >= 15 is 0 Å². The van der Waals surface area contributed by atoms with Gasteiger partial charge in [0, 0.05) is 6.54 Å². The van der Waals surface area contributed by atoms with Crippen molar-refractivity contribution in [1.82, 2.24) is 4.57 Å². The van der Waals surface area contributed by atoms with Gasteiger partial charge in [-0.3, -0.25) is 9.59 Å². The second kappa shape index (κ2) is 9.14. The molecule has 0 aliphatic rings. The first-order chi connectivity index (χ1) is 13.2. The van der Waals surface area contributed by atoms with Gasteiger partial charge in [0.05, 0.1) is 23.2 Å². The molecule has 2 aromatic carbocycles. The number of ether oxygens (including phenoxy) is 2. The highest BCUT2D eigenvalue weighted by Crippen LogP contribution is 2.17. The van der Waals surface area contributed by atoms with Crippen LogP contribution >= 0.6 is 11.3 Å². The summed E-state index contributed by atoms with van der Waals surface area (Å²) in [6.07, 6.45) is 0.219. The van der Waals surface area contributed by atoms with Crippen LogP contribution in [-0.2, 0) is 20.9 Å². The van der Waals surface area contributed by atoms with Gasteiger partial charge in [0.1, 0.15) is 5.75 Å². The van der Waals surface area contributed by atoms with E-state index in [0.29, 0.717) is 23.7 Å². The lowest BCUT2D eigenvalue weighted by Gasteiger charge is -2.05. The van der Waals surface area contributed by atoms with Crippen molar-refractivity contribution in [2.45, 2.75) is 19.9 Å². The normalized spacial score (nSPS) is 11.5. The third-order valence-corrected chi connectivity index (χ3v) is 4.82. The number of fused-ring (bicyclic) bond motifs is 1. The van der Waals surface area contributed by atoms with Gasteiger partial charge in [0.25, 0.3) is 5.91 Å². The molecule has 7 heteroatoms. The largest absolute Gasteiger partial charge is 0.484 e. The smallest absolute Gasteiger partial charge is 0.307 e. The number of aryl methyl sites for hydroxylation is 1. The average Bonchev–Trinajstić information content (AvgIpc) is 3.03. The van der Waals surface area contributed by atoms with Crippen LogP contribution < -0.4 is 9.54 Å². The van der Waals surface area contributed by atoms with Crippen LogP contribution in [-0.4, -0.2) is 29.7 Å². The van der Waals surface area contributed by atoms with Crippen LogP contribution in [0.5, 0.6) is 5.75 Å². The van der Waals surface area contributed by atoms with Gasteiger partial charge < -0.3 is 14.0 Å². The summed E-state index contributed by atoms with van der Waals surface area (Å²) >= 11 is 1.41. The molecule has 3 aromatic rings. The molecule has 1 amide bonds. The van der Waals surface area contributed by atoms with Gasteiger partial charge in [-0.25, -0.2) is 0 Å². The Labute approximate surface area is 160 Å². The minimum atomic E-state index is -0.379. The van der Waals surface area contributed by atoms with Crippen LogP contribution in [0.1, 0.15) is 13.3 Å². The molecule has 6 nitrogen and oxygen atoms in total. The van der Waals surface area contributed by atoms with Crippen molar-refractivity contribution in [2.24, 2.45) is 4.99 Å². The van der Waals surface area contributed by atoms with E-state index in [2.05, 4.69) is 4.99 Å². The molecule has 140 valence electrons. The molecular weight excluding hydrogens is 364 g/mol. The molecule has 0 spiro atoms. The highest BCUT2D eigenvalue weighted by Gasteiger charge is 2.10. The second-order valence-electron chi connectivity index (χ2n) is 5.67. The number of rotatable bonds is 7. The molecule has 0 aliphatic heterocycles. The molecule has 0 saturated heterocycles. The van der Waals surface area contributed by atoms with E-state index in [-0.39, 0.29) is 24.9 Å². The molecule has 0 saturated carbocycles. The average molecular weight is 384 g/mol. The number of hydrogen-bond acceptors (Lipinski definition) is 5. The topological polar surface area (TPSA) is 69.9 Å². The van der Waals surface area contributed by atoms with Gasteiger partial charge in [-0.05, 0) is 31.2 Å². The number of nitrogens with zero attached hydrogens (tertiary/aromatic N) is 2. The number of hydrogen-bond donors (Lipinski definition) is 0. The number of aromatic nitrogens is 1. The zero-order valence-electron chi connectivity index (χ0n) is 15.0. The van der Waals surface area contributed by atoms with Gasteiger partial charge in [-0.2, -0.15) is 4.99 Å². The predicted octanol–water partition coefficient (Wildman–Crippen LogP) is 3.16. The number of thiazole rings is 1. The minimum absolute atomic E-state index is 0.143. The summed E-state index contributed by atoms with van der Waals surface area (Å²) in [6.45, 7) is 2.38. The van der Waals surface area contributed by atoms with Crippen LogP contribution in [0.2, 0.25) is 0 Å². The van der Waals surface area contributed by atoms with Crippen molar-refractivity contribution < 1.29 is 19.1 Å². The van der Waals surface area contributed by atoms with Crippen molar-refractivity contribution in [3.8, 4) is 5.75 Å². The zero-order chi connectivity index (χ0) is 19.1. The molecule has 1 aromatic heterocycles. The summed E-state index contributed by atoms with van der Waals surface area (Å²) in [6, 6.07) is 16.9. The third-order valence-electron chi connectivity index (χ3n) is 3.76. The summed E-state index contributed by atoms with van der Waals surface area (Å²) in [5, 5.41) is 0. The van der Waals surface area contributed by atoms with E-state index in [1.807, 2.05) is 47.0 Å². The third kappa shape index (κ3) is 5.04. The van der Waals surface area contributed by atoms with Crippen molar-refractivity contribution in [3.63, 3.8) is 0 Å². The summed E-state index contributed by atoms with van der Waals surface area (Å²) in [4.78, 5) is 28.7. The van der Waals surface area contributed by atoms with Gasteiger partial charge in [0.15, 0.2) is 11.4 Å². The van der Waals surface area contributed by atoms with Crippen LogP contribution in [0, 0.1) is 0 Å². The Morgan fingerprint density at radius 3 is 2.59 bits per heavy atom. The number of benzene rings is 2. The van der Waals surface area contributed by atoms with Gasteiger partial charge in [-0.15, -0.1) is 0 Å². The van der Waals surface area contributed by atoms with Crippen LogP contribution in [0.4, 0.5) is 0 Å². The molecule has 0 bridgehead atoms. The van der Waals surface area contributed by atoms with Crippen molar-refractivity contribution in [3.05, 3.63) is 59.4 Å². The highest BCUT2D eigenvalue weighted by atomic mass is 32.1. The standard InChI is InChI=1S/C20H20N2O4S/c1-2-25-19(24)12-13-22-16-10-6-7-11-17(16)27-20(22)21-18(23)14-26-15-8-4-3-5-9-15/h3-11H,2,12-14H2,1H3. The van der Waals surface area contributed by atoms with Crippen molar-refractivity contribution in [2.75, 3.05) is 13.2 Å². The summed E-state index contributed by atoms with van der Waals surface area (Å²) in [5.74, 6) is -0.0344. The zero-order valence-corrected chi connectivity index (χ0v) is 15.8. The molecule has 0 atom stereocenters. The molecule has 1 heterocycles. The maximum atomic E-state index is 12.3. The quantitative estimate of drug-likeness (QED) is 0.587. The fraction of sp³-hybridized carbons (Fsp3) is 0.250. The summed E-state index contributed by atoms with van der Waals surface area (Å²) in [5.41, 5.74) is 0.933. The molecule has 0 N–H and O–H groups in total. The Morgan fingerprint density at radius 2 is 1.81 bits per heavy atom. The number of carbonyl (C=O) groups is 2. The Hall–Kier alpha value is -2.93. The summed E-state index contributed by atoms with van der Waals surface area (Å²) in [7, 11) is 0. The Morgan fingerprint density at radius 1 is 1.07 bits per heavy atom. The monoisotopic (exact) mass is 384 g/mol. The maximum absolute atomic E-state index is 12.3. The van der Waals surface area contributed by atoms with E-state index < -0.39 is 0 Å². The first kappa shape index (κ1) is 18.8. The first-order valence-corrected chi connectivity index (χ1v) is 9.48. The first-order valence-electron chi connectivity index (χ1n) is 8.66. The molecule has 0 unspecified atom stereocenters. The molecule has 0 aliphatic carbocycles. The molecule has 0 radical (unpaired) electrons. The van der Waals surface area contributed by atoms with Crippen LogP contribution in [0.3, 0.4) is 0 Å². The number of para-hydroxylation sites is 2. The lowest BCUT2D eigenvalue weighted by atomic mass is 10.3. The van der Waals surface area contributed by atoms with Gasteiger partial charge in [-0.1, -0.05) is 41.7 Å². The fourth-order valence-corrected chi connectivity index (χ4v) is 3.63. The molecule has 3 rings (SSSR count). The van der Waals surface area contributed by atoms with Gasteiger partial charge >= 0.3 is 5.97 Å². The number of carbonyl (C=O) groups excluding carboxylic acids is 2. The molecular formula is C20H20N2O4S. The van der Waals surface area contributed by atoms with Crippen LogP contribution in [0.25, 0.3) is 10.2 Å². The Bertz CT molecular complexity index is 992. The van der Waals surface area contributed by atoms with E-state index in [0.717, 1.165) is 10.2 Å². The Balaban J connectivity index is 1.81.